The van der Waals surface area contributed by atoms with E-state index in [9.17, 15) is 9.59 Å². The Hall–Kier alpha value is -1.18. The summed E-state index contributed by atoms with van der Waals surface area (Å²) < 4.78 is 0. The molecular formula is C15H22O2. The Morgan fingerprint density at radius 1 is 0.824 bits per heavy atom. The molecule has 0 atom stereocenters. The van der Waals surface area contributed by atoms with Crippen molar-refractivity contribution >= 4 is 11.6 Å². The molecule has 2 nitrogen and oxygen atoms in total. The first-order valence-electron chi connectivity index (χ1n) is 6.71. The van der Waals surface area contributed by atoms with Crippen LogP contribution in [-0.4, -0.2) is 11.6 Å². The van der Waals surface area contributed by atoms with Gasteiger partial charge in [0.05, 0.1) is 0 Å². The molecule has 0 aromatic heterocycles. The molecule has 1 aliphatic carbocycles. The first-order chi connectivity index (χ1) is 8.24. The standard InChI is InChI=1S/C15H22O2/c1-2-3-4-5-6-7-8-9-13-10-11-14(16)15(17)12-13/h10-12H,2-9H2,1H3. The molecule has 0 aliphatic heterocycles. The summed E-state index contributed by atoms with van der Waals surface area (Å²) in [6.45, 7) is 2.22. The maximum atomic E-state index is 11.1. The van der Waals surface area contributed by atoms with Crippen LogP contribution in [0.2, 0.25) is 0 Å². The smallest absolute Gasteiger partial charge is 0.225 e. The summed E-state index contributed by atoms with van der Waals surface area (Å²) in [6, 6.07) is 0. The zero-order chi connectivity index (χ0) is 12.5. The Morgan fingerprint density at radius 3 is 2.12 bits per heavy atom. The third-order valence-electron chi connectivity index (χ3n) is 3.08. The van der Waals surface area contributed by atoms with Crippen LogP contribution in [0.1, 0.15) is 58.3 Å². The summed E-state index contributed by atoms with van der Waals surface area (Å²) in [4.78, 5) is 22.1. The minimum atomic E-state index is -0.395. The zero-order valence-electron chi connectivity index (χ0n) is 10.7. The van der Waals surface area contributed by atoms with Gasteiger partial charge in [-0.2, -0.15) is 0 Å². The van der Waals surface area contributed by atoms with E-state index in [1.165, 1.54) is 50.7 Å². The number of rotatable bonds is 8. The first-order valence-corrected chi connectivity index (χ1v) is 6.71. The van der Waals surface area contributed by atoms with Gasteiger partial charge in [-0.1, -0.05) is 51.5 Å². The van der Waals surface area contributed by atoms with Gasteiger partial charge in [0.15, 0.2) is 0 Å². The molecule has 17 heavy (non-hydrogen) atoms. The number of hydrogen-bond acceptors (Lipinski definition) is 2. The molecule has 2 heteroatoms. The Bertz CT molecular complexity index is 324. The predicted molar refractivity (Wildman–Crippen MR) is 69.8 cm³/mol. The molecule has 0 saturated carbocycles. The molecule has 1 rings (SSSR count). The molecule has 0 aromatic carbocycles. The van der Waals surface area contributed by atoms with Gasteiger partial charge in [0, 0.05) is 0 Å². The fraction of sp³-hybridized carbons (Fsp3) is 0.600. The van der Waals surface area contributed by atoms with Gasteiger partial charge in [-0.15, -0.1) is 0 Å². The van der Waals surface area contributed by atoms with Crippen LogP contribution in [0.4, 0.5) is 0 Å². The van der Waals surface area contributed by atoms with Crippen LogP contribution < -0.4 is 0 Å². The average Bonchev–Trinajstić information content (AvgIpc) is 2.32. The van der Waals surface area contributed by atoms with Crippen LogP contribution in [0.25, 0.3) is 0 Å². The van der Waals surface area contributed by atoms with Crippen LogP contribution in [0.3, 0.4) is 0 Å². The quantitative estimate of drug-likeness (QED) is 0.364. The molecule has 0 spiro atoms. The fourth-order valence-corrected chi connectivity index (χ4v) is 1.99. The normalized spacial score (nSPS) is 15.2. The van der Waals surface area contributed by atoms with Crippen molar-refractivity contribution in [2.24, 2.45) is 0 Å². The van der Waals surface area contributed by atoms with Crippen LogP contribution in [-0.2, 0) is 9.59 Å². The van der Waals surface area contributed by atoms with E-state index in [1.54, 1.807) is 6.08 Å². The zero-order valence-corrected chi connectivity index (χ0v) is 10.7. The highest BCUT2D eigenvalue weighted by atomic mass is 16.2. The van der Waals surface area contributed by atoms with Gasteiger partial charge in [-0.3, -0.25) is 9.59 Å². The number of ketones is 2. The van der Waals surface area contributed by atoms with Crippen LogP contribution >= 0.6 is 0 Å². The van der Waals surface area contributed by atoms with E-state index < -0.39 is 5.78 Å². The summed E-state index contributed by atoms with van der Waals surface area (Å²) in [5, 5.41) is 0. The van der Waals surface area contributed by atoms with E-state index in [0.717, 1.165) is 18.4 Å². The summed E-state index contributed by atoms with van der Waals surface area (Å²) >= 11 is 0. The largest absolute Gasteiger partial charge is 0.286 e. The Labute approximate surface area is 104 Å². The van der Waals surface area contributed by atoms with Gasteiger partial charge in [-0.05, 0) is 30.6 Å². The molecule has 0 aromatic rings. The Kier molecular flexibility index (Phi) is 6.53. The van der Waals surface area contributed by atoms with Crippen molar-refractivity contribution in [1.82, 2.24) is 0 Å². The number of unbranched alkanes of at least 4 members (excludes halogenated alkanes) is 6. The molecule has 0 heterocycles. The van der Waals surface area contributed by atoms with Crippen LogP contribution in [0.5, 0.6) is 0 Å². The highest BCUT2D eigenvalue weighted by Crippen LogP contribution is 2.15. The maximum Gasteiger partial charge on any atom is 0.225 e. The second kappa shape index (κ2) is 7.99. The van der Waals surface area contributed by atoms with Gasteiger partial charge in [-0.25, -0.2) is 0 Å². The van der Waals surface area contributed by atoms with Crippen molar-refractivity contribution in [3.63, 3.8) is 0 Å². The molecular weight excluding hydrogens is 212 g/mol. The molecule has 1 aliphatic rings. The Balaban J connectivity index is 2.07. The fourth-order valence-electron chi connectivity index (χ4n) is 1.99. The van der Waals surface area contributed by atoms with Gasteiger partial charge in [0.25, 0.3) is 0 Å². The molecule has 0 fully saturated rings. The van der Waals surface area contributed by atoms with Gasteiger partial charge in [0.2, 0.25) is 11.6 Å². The van der Waals surface area contributed by atoms with Gasteiger partial charge >= 0.3 is 0 Å². The average molecular weight is 234 g/mol. The van der Waals surface area contributed by atoms with Crippen molar-refractivity contribution in [1.29, 1.82) is 0 Å². The van der Waals surface area contributed by atoms with Crippen molar-refractivity contribution in [3.8, 4) is 0 Å². The molecule has 0 unspecified atom stereocenters. The highest BCUT2D eigenvalue weighted by molar-refractivity contribution is 6.46. The topological polar surface area (TPSA) is 34.1 Å². The maximum absolute atomic E-state index is 11.1. The van der Waals surface area contributed by atoms with Crippen LogP contribution in [0, 0.1) is 0 Å². The summed E-state index contributed by atoms with van der Waals surface area (Å²) in [5.74, 6) is -0.765. The first kappa shape index (κ1) is 13.9. The summed E-state index contributed by atoms with van der Waals surface area (Å²) in [5.41, 5.74) is 1.00. The minimum absolute atomic E-state index is 0.370. The lowest BCUT2D eigenvalue weighted by molar-refractivity contribution is -0.131. The predicted octanol–water partition coefficient (Wildman–Crippen LogP) is 3.76. The molecule has 0 radical (unpaired) electrons. The number of allylic oxidation sites excluding steroid dienone is 4. The van der Waals surface area contributed by atoms with E-state index in [2.05, 4.69) is 6.92 Å². The lowest BCUT2D eigenvalue weighted by Crippen LogP contribution is -2.11. The van der Waals surface area contributed by atoms with Crippen molar-refractivity contribution in [2.45, 2.75) is 58.3 Å². The molecule has 0 N–H and O–H groups in total. The van der Waals surface area contributed by atoms with E-state index >= 15 is 0 Å². The number of carbonyl (C=O) groups is 2. The van der Waals surface area contributed by atoms with Crippen molar-refractivity contribution < 1.29 is 9.59 Å². The summed E-state index contributed by atoms with van der Waals surface area (Å²) in [6.07, 6.45) is 14.5. The van der Waals surface area contributed by atoms with Gasteiger partial charge in [0.1, 0.15) is 0 Å². The van der Waals surface area contributed by atoms with E-state index in [1.807, 2.05) is 0 Å². The van der Waals surface area contributed by atoms with E-state index in [0.29, 0.717) is 0 Å². The monoisotopic (exact) mass is 234 g/mol. The molecule has 0 amide bonds. The Morgan fingerprint density at radius 2 is 1.47 bits per heavy atom. The SMILES string of the molecule is CCCCCCCCCC1=CC(=O)C(=O)C=C1. The highest BCUT2D eigenvalue weighted by Gasteiger charge is 2.12. The number of carbonyl (C=O) groups excluding carboxylic acids is 2. The lowest BCUT2D eigenvalue weighted by atomic mass is 9.99. The second-order valence-corrected chi connectivity index (χ2v) is 4.65. The van der Waals surface area contributed by atoms with E-state index in [-0.39, 0.29) is 5.78 Å². The van der Waals surface area contributed by atoms with Gasteiger partial charge < -0.3 is 0 Å². The third-order valence-corrected chi connectivity index (χ3v) is 3.08. The lowest BCUT2D eigenvalue weighted by Gasteiger charge is -2.05. The molecule has 94 valence electrons. The van der Waals surface area contributed by atoms with E-state index in [4.69, 9.17) is 0 Å². The van der Waals surface area contributed by atoms with Crippen LogP contribution in [0.15, 0.2) is 23.8 Å². The third kappa shape index (κ3) is 5.62. The second-order valence-electron chi connectivity index (χ2n) is 4.65. The minimum Gasteiger partial charge on any atom is -0.286 e. The molecule has 0 saturated heterocycles. The summed E-state index contributed by atoms with van der Waals surface area (Å²) in [7, 11) is 0. The number of hydrogen-bond donors (Lipinski definition) is 0. The van der Waals surface area contributed by atoms with Crippen molar-refractivity contribution in [2.75, 3.05) is 0 Å². The van der Waals surface area contributed by atoms with Crippen molar-refractivity contribution in [3.05, 3.63) is 23.8 Å². The molecule has 0 bridgehead atoms.